The third kappa shape index (κ3) is 6.02. The van der Waals surface area contributed by atoms with Gasteiger partial charge in [-0.05, 0) is 19.3 Å². The Kier molecular flexibility index (Phi) is 5.53. The van der Waals surface area contributed by atoms with Crippen molar-refractivity contribution in [3.63, 3.8) is 0 Å². The fourth-order valence-corrected chi connectivity index (χ4v) is 1.58. The van der Waals surface area contributed by atoms with E-state index in [1.54, 1.807) is 14.2 Å². The van der Waals surface area contributed by atoms with E-state index in [1.807, 2.05) is 6.92 Å². The van der Waals surface area contributed by atoms with E-state index in [-0.39, 0.29) is 6.29 Å². The number of rotatable bonds is 6. The third-order valence-corrected chi connectivity index (χ3v) is 1.98. The van der Waals surface area contributed by atoms with Crippen LogP contribution in [0.4, 0.5) is 0 Å². The number of aliphatic hydroxyl groups is 1. The van der Waals surface area contributed by atoms with E-state index in [2.05, 4.69) is 13.8 Å². The van der Waals surface area contributed by atoms with E-state index >= 15 is 0 Å². The van der Waals surface area contributed by atoms with E-state index in [9.17, 15) is 5.11 Å². The molecule has 13 heavy (non-hydrogen) atoms. The first kappa shape index (κ1) is 12.9. The normalized spacial score (nSPS) is 16.6. The molecule has 0 bridgehead atoms. The number of methoxy groups -OCH3 is 2. The SMILES string of the molecule is COC(CC(C)(O)CC(C)C)OC. The van der Waals surface area contributed by atoms with Crippen LogP contribution in [0, 0.1) is 5.92 Å². The molecule has 0 aromatic heterocycles. The zero-order valence-corrected chi connectivity index (χ0v) is 9.33. The molecule has 0 aromatic rings. The molecule has 0 aromatic carbocycles. The van der Waals surface area contributed by atoms with Gasteiger partial charge < -0.3 is 14.6 Å². The fourth-order valence-electron chi connectivity index (χ4n) is 1.58. The second-order valence-electron chi connectivity index (χ2n) is 4.20. The van der Waals surface area contributed by atoms with Crippen molar-refractivity contribution in [2.75, 3.05) is 14.2 Å². The zero-order chi connectivity index (χ0) is 10.5. The summed E-state index contributed by atoms with van der Waals surface area (Å²) in [6.45, 7) is 5.99. The molecule has 80 valence electrons. The number of hydrogen-bond acceptors (Lipinski definition) is 3. The summed E-state index contributed by atoms with van der Waals surface area (Å²) in [7, 11) is 3.17. The average Bonchev–Trinajstić information content (AvgIpc) is 1.97. The Hall–Kier alpha value is -0.120. The molecular weight excluding hydrogens is 168 g/mol. The van der Waals surface area contributed by atoms with Crippen LogP contribution >= 0.6 is 0 Å². The van der Waals surface area contributed by atoms with Gasteiger partial charge in [-0.15, -0.1) is 0 Å². The van der Waals surface area contributed by atoms with Crippen LogP contribution in [0.2, 0.25) is 0 Å². The molecule has 0 spiro atoms. The molecule has 0 saturated carbocycles. The highest BCUT2D eigenvalue weighted by molar-refractivity contribution is 4.75. The Bertz CT molecular complexity index is 128. The van der Waals surface area contributed by atoms with E-state index in [0.29, 0.717) is 12.3 Å². The maximum absolute atomic E-state index is 9.96. The smallest absolute Gasteiger partial charge is 0.159 e. The van der Waals surface area contributed by atoms with Crippen molar-refractivity contribution < 1.29 is 14.6 Å². The lowest BCUT2D eigenvalue weighted by molar-refractivity contribution is -0.143. The van der Waals surface area contributed by atoms with Gasteiger partial charge in [-0.1, -0.05) is 13.8 Å². The van der Waals surface area contributed by atoms with Crippen LogP contribution in [-0.2, 0) is 9.47 Å². The van der Waals surface area contributed by atoms with Gasteiger partial charge in [-0.2, -0.15) is 0 Å². The topological polar surface area (TPSA) is 38.7 Å². The van der Waals surface area contributed by atoms with Gasteiger partial charge >= 0.3 is 0 Å². The Balaban J connectivity index is 3.98. The van der Waals surface area contributed by atoms with Gasteiger partial charge in [0.2, 0.25) is 0 Å². The fraction of sp³-hybridized carbons (Fsp3) is 1.00. The van der Waals surface area contributed by atoms with E-state index < -0.39 is 5.60 Å². The predicted octanol–water partition coefficient (Wildman–Crippen LogP) is 1.79. The van der Waals surface area contributed by atoms with Gasteiger partial charge in [0.05, 0.1) is 5.60 Å². The molecule has 1 N–H and O–H groups in total. The first-order valence-electron chi connectivity index (χ1n) is 4.69. The van der Waals surface area contributed by atoms with Crippen molar-refractivity contribution in [3.8, 4) is 0 Å². The minimum Gasteiger partial charge on any atom is -0.390 e. The molecule has 3 heteroatoms. The van der Waals surface area contributed by atoms with Crippen molar-refractivity contribution in [1.29, 1.82) is 0 Å². The molecule has 0 radical (unpaired) electrons. The summed E-state index contributed by atoms with van der Waals surface area (Å²) in [4.78, 5) is 0. The Morgan fingerprint density at radius 1 is 1.15 bits per heavy atom. The standard InChI is InChI=1S/C10H22O3/c1-8(2)6-10(3,11)7-9(12-4)13-5/h8-9,11H,6-7H2,1-5H3. The minimum atomic E-state index is -0.704. The summed E-state index contributed by atoms with van der Waals surface area (Å²) in [6.07, 6.45) is 0.961. The molecule has 0 rings (SSSR count). The van der Waals surface area contributed by atoms with Crippen molar-refractivity contribution >= 4 is 0 Å². The van der Waals surface area contributed by atoms with Crippen LogP contribution in [0.3, 0.4) is 0 Å². The molecule has 0 fully saturated rings. The van der Waals surface area contributed by atoms with Gasteiger partial charge in [-0.3, -0.25) is 0 Å². The van der Waals surface area contributed by atoms with Crippen LogP contribution in [0.15, 0.2) is 0 Å². The van der Waals surface area contributed by atoms with E-state index in [4.69, 9.17) is 9.47 Å². The average molecular weight is 190 g/mol. The van der Waals surface area contributed by atoms with E-state index in [0.717, 1.165) is 6.42 Å². The summed E-state index contributed by atoms with van der Waals surface area (Å²) >= 11 is 0. The largest absolute Gasteiger partial charge is 0.390 e. The molecule has 0 saturated heterocycles. The van der Waals surface area contributed by atoms with Crippen molar-refractivity contribution in [2.24, 2.45) is 5.92 Å². The molecule has 0 aliphatic rings. The highest BCUT2D eigenvalue weighted by Crippen LogP contribution is 2.22. The van der Waals surface area contributed by atoms with E-state index in [1.165, 1.54) is 0 Å². The first-order valence-corrected chi connectivity index (χ1v) is 4.69. The molecule has 0 aliphatic heterocycles. The summed E-state index contributed by atoms with van der Waals surface area (Å²) in [6, 6.07) is 0. The Morgan fingerprint density at radius 2 is 1.62 bits per heavy atom. The lowest BCUT2D eigenvalue weighted by Crippen LogP contribution is -2.33. The molecule has 0 aliphatic carbocycles. The summed E-state index contributed by atoms with van der Waals surface area (Å²) < 4.78 is 10.1. The van der Waals surface area contributed by atoms with Crippen LogP contribution in [0.5, 0.6) is 0 Å². The van der Waals surface area contributed by atoms with Gasteiger partial charge in [0.25, 0.3) is 0 Å². The molecule has 1 atom stereocenters. The van der Waals surface area contributed by atoms with Gasteiger partial charge in [0.1, 0.15) is 0 Å². The van der Waals surface area contributed by atoms with Gasteiger partial charge in [-0.25, -0.2) is 0 Å². The van der Waals surface area contributed by atoms with Gasteiger partial charge in [0.15, 0.2) is 6.29 Å². The van der Waals surface area contributed by atoms with Crippen LogP contribution < -0.4 is 0 Å². The highest BCUT2D eigenvalue weighted by atomic mass is 16.7. The number of ether oxygens (including phenoxy) is 2. The number of hydrogen-bond donors (Lipinski definition) is 1. The minimum absolute atomic E-state index is 0.311. The molecule has 3 nitrogen and oxygen atoms in total. The van der Waals surface area contributed by atoms with Crippen LogP contribution in [0.25, 0.3) is 0 Å². The summed E-state index contributed by atoms with van der Waals surface area (Å²) in [5, 5.41) is 9.96. The lowest BCUT2D eigenvalue weighted by Gasteiger charge is -2.28. The zero-order valence-electron chi connectivity index (χ0n) is 9.33. The summed E-state index contributed by atoms with van der Waals surface area (Å²) in [5.41, 5.74) is -0.704. The molecule has 0 amide bonds. The summed E-state index contributed by atoms with van der Waals surface area (Å²) in [5.74, 6) is 0.476. The monoisotopic (exact) mass is 190 g/mol. The predicted molar refractivity (Wildman–Crippen MR) is 52.5 cm³/mol. The maximum atomic E-state index is 9.96. The second kappa shape index (κ2) is 5.58. The van der Waals surface area contributed by atoms with Crippen molar-refractivity contribution in [3.05, 3.63) is 0 Å². The molecular formula is C10H22O3. The second-order valence-corrected chi connectivity index (χ2v) is 4.20. The quantitative estimate of drug-likeness (QED) is 0.649. The van der Waals surface area contributed by atoms with Crippen molar-refractivity contribution in [1.82, 2.24) is 0 Å². The molecule has 0 heterocycles. The van der Waals surface area contributed by atoms with Crippen LogP contribution in [0.1, 0.15) is 33.6 Å². The third-order valence-electron chi connectivity index (χ3n) is 1.98. The highest BCUT2D eigenvalue weighted by Gasteiger charge is 2.26. The lowest BCUT2D eigenvalue weighted by atomic mass is 9.91. The maximum Gasteiger partial charge on any atom is 0.159 e. The van der Waals surface area contributed by atoms with Crippen LogP contribution in [-0.4, -0.2) is 31.2 Å². The van der Waals surface area contributed by atoms with Crippen molar-refractivity contribution in [2.45, 2.75) is 45.5 Å². The first-order chi connectivity index (χ1) is 5.91. The van der Waals surface area contributed by atoms with Gasteiger partial charge in [0, 0.05) is 20.6 Å². The Labute approximate surface area is 81.0 Å². The molecule has 1 unspecified atom stereocenters. The Morgan fingerprint density at radius 3 is 1.92 bits per heavy atom.